The number of benzene rings is 1. The van der Waals surface area contributed by atoms with Crippen LogP contribution in [0.15, 0.2) is 17.0 Å². The van der Waals surface area contributed by atoms with Crippen molar-refractivity contribution in [1.29, 1.82) is 0 Å². The van der Waals surface area contributed by atoms with Gasteiger partial charge in [-0.1, -0.05) is 20.8 Å². The molecule has 2 heterocycles. The molecule has 142 valence electrons. The summed E-state index contributed by atoms with van der Waals surface area (Å²) in [6.07, 6.45) is 2.07. The van der Waals surface area contributed by atoms with Crippen LogP contribution < -0.4 is 14.8 Å². The summed E-state index contributed by atoms with van der Waals surface area (Å²) in [7, 11) is 0. The minimum Gasteiger partial charge on any atom is -0.486 e. The molecule has 2 aliphatic heterocycles. The van der Waals surface area contributed by atoms with E-state index in [0.29, 0.717) is 32.0 Å². The molecule has 0 radical (unpaired) electrons. The summed E-state index contributed by atoms with van der Waals surface area (Å²) in [4.78, 5) is 25.2. The van der Waals surface area contributed by atoms with Gasteiger partial charge in [0, 0.05) is 11.4 Å². The van der Waals surface area contributed by atoms with E-state index in [0.717, 1.165) is 34.8 Å². The number of nitrogens with one attached hydrogen (secondary N) is 1. The smallest absolute Gasteiger partial charge is 0.239 e. The van der Waals surface area contributed by atoms with E-state index in [2.05, 4.69) is 9.62 Å². The second kappa shape index (κ2) is 8.31. The quantitative estimate of drug-likeness (QED) is 0.606. The highest BCUT2D eigenvalue weighted by molar-refractivity contribution is 7.97. The van der Waals surface area contributed by atoms with Crippen molar-refractivity contribution in [3.05, 3.63) is 17.7 Å². The lowest BCUT2D eigenvalue weighted by Gasteiger charge is -2.35. The van der Waals surface area contributed by atoms with Gasteiger partial charge in [-0.3, -0.25) is 4.79 Å². The molecule has 0 fully saturated rings. The van der Waals surface area contributed by atoms with Crippen LogP contribution in [0.25, 0.3) is 0 Å². The van der Waals surface area contributed by atoms with Gasteiger partial charge in [-0.05, 0) is 48.4 Å². The summed E-state index contributed by atoms with van der Waals surface area (Å²) < 4.78 is 13.4. The second-order valence-electron chi connectivity index (χ2n) is 7.03. The number of nitrogens with zero attached hydrogens (tertiary/aromatic N) is 1. The number of rotatable bonds is 6. The minimum atomic E-state index is -0.437. The van der Waals surface area contributed by atoms with Crippen molar-refractivity contribution in [1.82, 2.24) is 9.62 Å². The summed E-state index contributed by atoms with van der Waals surface area (Å²) in [6.45, 7) is 7.94. The van der Waals surface area contributed by atoms with Gasteiger partial charge in [0.2, 0.25) is 5.91 Å². The Bertz CT molecular complexity index is 680. The van der Waals surface area contributed by atoms with E-state index in [1.165, 1.54) is 0 Å². The molecule has 1 aromatic rings. The highest BCUT2D eigenvalue weighted by Crippen LogP contribution is 2.42. The van der Waals surface area contributed by atoms with E-state index in [1.54, 1.807) is 11.9 Å². The third-order valence-electron chi connectivity index (χ3n) is 4.53. The van der Waals surface area contributed by atoms with Crippen molar-refractivity contribution >= 4 is 24.1 Å². The van der Waals surface area contributed by atoms with Crippen LogP contribution in [0.2, 0.25) is 0 Å². The van der Waals surface area contributed by atoms with Crippen molar-refractivity contribution in [3.8, 4) is 11.5 Å². The molecule has 1 aromatic carbocycles. The van der Waals surface area contributed by atoms with E-state index < -0.39 is 6.04 Å². The molecule has 3 rings (SSSR count). The number of hydrogen-bond acceptors (Lipinski definition) is 6. The van der Waals surface area contributed by atoms with E-state index in [-0.39, 0.29) is 11.9 Å². The largest absolute Gasteiger partial charge is 0.486 e. The molecule has 0 saturated carbocycles. The van der Waals surface area contributed by atoms with Gasteiger partial charge < -0.3 is 19.6 Å². The van der Waals surface area contributed by atoms with Crippen LogP contribution in [-0.2, 0) is 16.0 Å². The predicted molar refractivity (Wildman–Crippen MR) is 101 cm³/mol. The Morgan fingerprint density at radius 2 is 2.04 bits per heavy atom. The maximum absolute atomic E-state index is 12.8. The first-order chi connectivity index (χ1) is 12.5. The molecule has 26 heavy (non-hydrogen) atoms. The third-order valence-corrected chi connectivity index (χ3v) is 5.86. The lowest BCUT2D eigenvalue weighted by molar-refractivity contribution is -0.127. The average molecular weight is 378 g/mol. The van der Waals surface area contributed by atoms with E-state index in [1.807, 2.05) is 32.9 Å². The lowest BCUT2D eigenvalue weighted by Crippen LogP contribution is -2.50. The SMILES string of the molecule is CCN1Sc2cc3c(cc2CC1C(=O)N[C@H](C=O)CC(C)C)OCCO3. The summed E-state index contributed by atoms with van der Waals surface area (Å²) >= 11 is 1.56. The zero-order valence-corrected chi connectivity index (χ0v) is 16.3. The van der Waals surface area contributed by atoms with Gasteiger partial charge in [0.15, 0.2) is 11.5 Å². The Morgan fingerprint density at radius 1 is 1.35 bits per heavy atom. The van der Waals surface area contributed by atoms with Crippen molar-refractivity contribution in [2.45, 2.75) is 50.6 Å². The van der Waals surface area contributed by atoms with Gasteiger partial charge in [-0.15, -0.1) is 0 Å². The monoisotopic (exact) mass is 378 g/mol. The van der Waals surface area contributed by atoms with E-state index in [4.69, 9.17) is 9.47 Å². The Labute approximate surface area is 158 Å². The first kappa shape index (κ1) is 19.0. The third kappa shape index (κ3) is 4.15. The Hall–Kier alpha value is -1.73. The molecule has 1 unspecified atom stereocenters. The lowest BCUT2D eigenvalue weighted by atomic mass is 10.0. The van der Waals surface area contributed by atoms with Gasteiger partial charge in [0.1, 0.15) is 25.5 Å². The normalized spacial score (nSPS) is 20.4. The molecule has 2 aliphatic rings. The van der Waals surface area contributed by atoms with Gasteiger partial charge in [0.25, 0.3) is 0 Å². The first-order valence-corrected chi connectivity index (χ1v) is 9.92. The number of fused-ring (bicyclic) bond motifs is 2. The van der Waals surface area contributed by atoms with Crippen molar-refractivity contribution in [3.63, 3.8) is 0 Å². The highest BCUT2D eigenvalue weighted by Gasteiger charge is 2.34. The first-order valence-electron chi connectivity index (χ1n) is 9.14. The molecule has 0 aliphatic carbocycles. The topological polar surface area (TPSA) is 67.9 Å². The van der Waals surface area contributed by atoms with Crippen molar-refractivity contribution in [2.24, 2.45) is 5.92 Å². The van der Waals surface area contributed by atoms with Gasteiger partial charge >= 0.3 is 0 Å². The molecule has 0 saturated heterocycles. The predicted octanol–water partition coefficient (Wildman–Crippen LogP) is 2.44. The number of carbonyl (C=O) groups is 2. The fraction of sp³-hybridized carbons (Fsp3) is 0.579. The summed E-state index contributed by atoms with van der Waals surface area (Å²) in [5.74, 6) is 1.75. The van der Waals surface area contributed by atoms with Crippen LogP contribution in [-0.4, -0.2) is 48.3 Å². The number of carbonyl (C=O) groups excluding carboxylic acids is 2. The van der Waals surface area contributed by atoms with E-state index >= 15 is 0 Å². The van der Waals surface area contributed by atoms with Gasteiger partial charge in [-0.25, -0.2) is 4.31 Å². The molecule has 2 atom stereocenters. The maximum Gasteiger partial charge on any atom is 0.239 e. The Balaban J connectivity index is 1.78. The van der Waals surface area contributed by atoms with Crippen LogP contribution >= 0.6 is 11.9 Å². The molecular formula is C19H26N2O4S. The number of aldehydes is 1. The van der Waals surface area contributed by atoms with Crippen LogP contribution in [0.5, 0.6) is 11.5 Å². The van der Waals surface area contributed by atoms with Crippen molar-refractivity contribution in [2.75, 3.05) is 19.8 Å². The Kier molecular flexibility index (Phi) is 6.09. The number of hydrogen-bond donors (Lipinski definition) is 1. The molecule has 7 heteroatoms. The fourth-order valence-corrected chi connectivity index (χ4v) is 4.40. The minimum absolute atomic E-state index is 0.0994. The van der Waals surface area contributed by atoms with Gasteiger partial charge in [-0.2, -0.15) is 0 Å². The molecule has 1 N–H and O–H groups in total. The molecule has 1 amide bonds. The summed E-state index contributed by atoms with van der Waals surface area (Å²) in [5, 5.41) is 2.91. The van der Waals surface area contributed by atoms with Crippen molar-refractivity contribution < 1.29 is 19.1 Å². The molecule has 6 nitrogen and oxygen atoms in total. The molecule has 0 aromatic heterocycles. The summed E-state index contributed by atoms with van der Waals surface area (Å²) in [6, 6.07) is 3.23. The van der Waals surface area contributed by atoms with Crippen LogP contribution in [0.1, 0.15) is 32.8 Å². The maximum atomic E-state index is 12.8. The fourth-order valence-electron chi connectivity index (χ4n) is 3.30. The van der Waals surface area contributed by atoms with Crippen LogP contribution in [0.4, 0.5) is 0 Å². The molecular weight excluding hydrogens is 352 g/mol. The highest BCUT2D eigenvalue weighted by atomic mass is 32.2. The Morgan fingerprint density at radius 3 is 2.65 bits per heavy atom. The molecule has 0 spiro atoms. The summed E-state index contributed by atoms with van der Waals surface area (Å²) in [5.41, 5.74) is 1.08. The van der Waals surface area contributed by atoms with Gasteiger partial charge in [0.05, 0.1) is 6.04 Å². The number of amides is 1. The average Bonchev–Trinajstić information content (AvgIpc) is 2.64. The number of likely N-dealkylation sites (N-methyl/N-ethyl adjacent to an activating group) is 1. The number of ether oxygens (including phenoxy) is 2. The van der Waals surface area contributed by atoms with Crippen LogP contribution in [0, 0.1) is 5.92 Å². The molecule has 0 bridgehead atoms. The standard InChI is InChI=1S/C19H26N2O4S/c1-4-21-15(19(23)20-14(11-22)7-12(2)3)8-13-9-16-17(10-18(13)26-21)25-6-5-24-16/h9-12,14-15H,4-8H2,1-3H3,(H,20,23)/t14-,15?/m0/s1. The van der Waals surface area contributed by atoms with Crippen LogP contribution in [0.3, 0.4) is 0 Å². The zero-order valence-electron chi connectivity index (χ0n) is 15.5. The second-order valence-corrected chi connectivity index (χ2v) is 8.12. The van der Waals surface area contributed by atoms with E-state index in [9.17, 15) is 9.59 Å². The zero-order chi connectivity index (χ0) is 18.7.